The van der Waals surface area contributed by atoms with Crippen molar-refractivity contribution in [1.82, 2.24) is 25.2 Å². The molecule has 0 radical (unpaired) electrons. The van der Waals surface area contributed by atoms with Crippen LogP contribution in [0.4, 0.5) is 5.13 Å². The van der Waals surface area contributed by atoms with E-state index >= 15 is 0 Å². The molecule has 2 aromatic heterocycles. The molecule has 0 aliphatic carbocycles. The van der Waals surface area contributed by atoms with Gasteiger partial charge in [0, 0.05) is 22.1 Å². The molecule has 2 heterocycles. The largest absolute Gasteiger partial charge is 0.298 e. The van der Waals surface area contributed by atoms with Crippen molar-refractivity contribution in [2.75, 3.05) is 5.32 Å². The third-order valence-corrected chi connectivity index (χ3v) is 5.19. The quantitative estimate of drug-likeness (QED) is 0.525. The van der Waals surface area contributed by atoms with E-state index in [1.807, 2.05) is 62.5 Å². The van der Waals surface area contributed by atoms with Crippen molar-refractivity contribution >= 4 is 22.4 Å². The van der Waals surface area contributed by atoms with Crippen LogP contribution >= 0.6 is 11.3 Å². The average molecular weight is 404 g/mol. The van der Waals surface area contributed by atoms with Gasteiger partial charge in [-0.3, -0.25) is 10.1 Å². The van der Waals surface area contributed by atoms with Crippen LogP contribution in [0.25, 0.3) is 22.6 Å². The number of rotatable bonds is 5. The fourth-order valence-corrected chi connectivity index (χ4v) is 3.60. The maximum atomic E-state index is 12.7. The first kappa shape index (κ1) is 18.9. The number of amides is 1. The topological polar surface area (TPSA) is 85.6 Å². The Morgan fingerprint density at radius 2 is 1.90 bits per heavy atom. The summed E-state index contributed by atoms with van der Waals surface area (Å²) in [5.74, 6) is 0.408. The number of nitrogens with one attached hydrogen (secondary N) is 1. The van der Waals surface area contributed by atoms with Gasteiger partial charge in [0.05, 0.1) is 11.7 Å². The summed E-state index contributed by atoms with van der Waals surface area (Å²) in [5, 5.41) is 17.2. The van der Waals surface area contributed by atoms with Gasteiger partial charge in [-0.1, -0.05) is 42.0 Å². The lowest BCUT2D eigenvalue weighted by Crippen LogP contribution is -2.12. The summed E-state index contributed by atoms with van der Waals surface area (Å²) in [7, 11) is 0. The Morgan fingerprint density at radius 3 is 2.66 bits per heavy atom. The first-order chi connectivity index (χ1) is 14.0. The van der Waals surface area contributed by atoms with Gasteiger partial charge in [-0.15, -0.1) is 16.4 Å². The van der Waals surface area contributed by atoms with Gasteiger partial charge in [0.1, 0.15) is 0 Å². The number of anilines is 1. The fraction of sp³-hybridized carbons (Fsp3) is 0.190. The monoisotopic (exact) mass is 404 g/mol. The molecule has 0 fully saturated rings. The summed E-state index contributed by atoms with van der Waals surface area (Å²) in [6, 6.07) is 15.5. The molecule has 7 nitrogen and oxygen atoms in total. The number of aromatic nitrogens is 5. The van der Waals surface area contributed by atoms with Crippen LogP contribution in [-0.2, 0) is 0 Å². The number of tetrazole rings is 1. The first-order valence-corrected chi connectivity index (χ1v) is 10.1. The summed E-state index contributed by atoms with van der Waals surface area (Å²) in [6.07, 6.45) is 0. The molecule has 0 unspecified atom stereocenters. The Hall–Kier alpha value is -3.39. The van der Waals surface area contributed by atoms with Crippen LogP contribution in [0.2, 0.25) is 0 Å². The highest BCUT2D eigenvalue weighted by atomic mass is 32.1. The minimum Gasteiger partial charge on any atom is -0.298 e. The molecule has 0 saturated heterocycles. The van der Waals surface area contributed by atoms with Crippen molar-refractivity contribution in [3.05, 3.63) is 65.0 Å². The average Bonchev–Trinajstić information content (AvgIpc) is 3.38. The maximum absolute atomic E-state index is 12.7. The minimum absolute atomic E-state index is 0.119. The zero-order valence-corrected chi connectivity index (χ0v) is 17.1. The van der Waals surface area contributed by atoms with Crippen LogP contribution in [0.3, 0.4) is 0 Å². The Bertz CT molecular complexity index is 1150. The van der Waals surface area contributed by atoms with Gasteiger partial charge >= 0.3 is 0 Å². The fourth-order valence-electron chi connectivity index (χ4n) is 2.89. The number of nitrogens with zero attached hydrogens (tertiary/aromatic N) is 5. The number of thiazole rings is 1. The molecule has 2 aromatic carbocycles. The SMILES string of the molecule is Cc1ccc(-c2csc(NC(=O)c3cccc(-c4nnnn4C(C)C)c3)n2)cc1. The molecule has 1 N–H and O–H groups in total. The summed E-state index contributed by atoms with van der Waals surface area (Å²) < 4.78 is 1.73. The molecule has 4 rings (SSSR count). The van der Waals surface area contributed by atoms with Gasteiger partial charge in [0.25, 0.3) is 5.91 Å². The molecule has 0 saturated carbocycles. The third kappa shape index (κ3) is 4.07. The molecule has 4 aromatic rings. The van der Waals surface area contributed by atoms with Gasteiger partial charge in [0.2, 0.25) is 0 Å². The number of carbonyl (C=O) groups is 1. The molecule has 8 heteroatoms. The molecule has 0 aliphatic heterocycles. The lowest BCUT2D eigenvalue weighted by Gasteiger charge is -2.08. The number of aryl methyl sites for hydroxylation is 1. The van der Waals surface area contributed by atoms with Crippen molar-refractivity contribution in [3.63, 3.8) is 0 Å². The second-order valence-corrected chi connectivity index (χ2v) is 7.84. The predicted molar refractivity (Wildman–Crippen MR) is 114 cm³/mol. The van der Waals surface area contributed by atoms with Crippen molar-refractivity contribution in [2.45, 2.75) is 26.8 Å². The predicted octanol–water partition coefficient (Wildman–Crippen LogP) is 4.61. The Labute approximate surface area is 172 Å². The van der Waals surface area contributed by atoms with E-state index in [4.69, 9.17) is 0 Å². The highest BCUT2D eigenvalue weighted by Crippen LogP contribution is 2.26. The third-order valence-electron chi connectivity index (χ3n) is 4.44. The number of carbonyl (C=O) groups excluding carboxylic acids is 1. The van der Waals surface area contributed by atoms with E-state index < -0.39 is 0 Å². The van der Waals surface area contributed by atoms with Gasteiger partial charge in [-0.25, -0.2) is 9.67 Å². The minimum atomic E-state index is -0.222. The summed E-state index contributed by atoms with van der Waals surface area (Å²) in [6.45, 7) is 6.05. The summed E-state index contributed by atoms with van der Waals surface area (Å²) in [4.78, 5) is 17.3. The number of hydrogen-bond donors (Lipinski definition) is 1. The summed E-state index contributed by atoms with van der Waals surface area (Å²) in [5.41, 5.74) is 4.37. The van der Waals surface area contributed by atoms with Crippen LogP contribution in [0, 0.1) is 6.92 Å². The lowest BCUT2D eigenvalue weighted by molar-refractivity contribution is 0.102. The van der Waals surface area contributed by atoms with Crippen molar-refractivity contribution in [3.8, 4) is 22.6 Å². The van der Waals surface area contributed by atoms with E-state index in [-0.39, 0.29) is 11.9 Å². The van der Waals surface area contributed by atoms with Crippen molar-refractivity contribution in [1.29, 1.82) is 0 Å². The molecule has 0 spiro atoms. The number of benzene rings is 2. The standard InChI is InChI=1S/C21H20N6OS/c1-13(2)27-19(24-25-26-27)16-5-4-6-17(11-16)20(28)23-21-22-18(12-29-21)15-9-7-14(3)8-10-15/h4-13H,1-3H3,(H,22,23,28). The zero-order valence-electron chi connectivity index (χ0n) is 16.3. The van der Waals surface area contributed by atoms with E-state index in [1.165, 1.54) is 16.9 Å². The molecule has 1 amide bonds. The second-order valence-electron chi connectivity index (χ2n) is 6.98. The van der Waals surface area contributed by atoms with Gasteiger partial charge in [-0.05, 0) is 43.3 Å². The smallest absolute Gasteiger partial charge is 0.257 e. The van der Waals surface area contributed by atoms with Crippen molar-refractivity contribution < 1.29 is 4.79 Å². The summed E-state index contributed by atoms with van der Waals surface area (Å²) >= 11 is 1.40. The van der Waals surface area contributed by atoms with E-state index in [0.717, 1.165) is 16.8 Å². The van der Waals surface area contributed by atoms with E-state index in [2.05, 4.69) is 25.8 Å². The van der Waals surface area contributed by atoms with Crippen molar-refractivity contribution in [2.24, 2.45) is 0 Å². The highest BCUT2D eigenvalue weighted by Gasteiger charge is 2.15. The van der Waals surface area contributed by atoms with Crippen LogP contribution in [-0.4, -0.2) is 31.1 Å². The Morgan fingerprint density at radius 1 is 1.10 bits per heavy atom. The number of hydrogen-bond acceptors (Lipinski definition) is 6. The molecule has 0 bridgehead atoms. The van der Waals surface area contributed by atoms with Gasteiger partial charge in [-0.2, -0.15) is 0 Å². The molecule has 29 heavy (non-hydrogen) atoms. The molecular formula is C21H20N6OS. The molecule has 0 atom stereocenters. The normalized spacial score (nSPS) is 11.0. The van der Waals surface area contributed by atoms with Crippen LogP contribution in [0.15, 0.2) is 53.9 Å². The van der Waals surface area contributed by atoms with Gasteiger partial charge in [0.15, 0.2) is 11.0 Å². The van der Waals surface area contributed by atoms with Crippen LogP contribution in [0.1, 0.15) is 35.8 Å². The Kier molecular flexibility index (Phi) is 5.18. The molecule has 0 aliphatic rings. The zero-order chi connectivity index (χ0) is 20.4. The molecule has 146 valence electrons. The van der Waals surface area contributed by atoms with E-state index in [1.54, 1.807) is 16.8 Å². The Balaban J connectivity index is 1.54. The lowest BCUT2D eigenvalue weighted by atomic mass is 10.1. The first-order valence-electron chi connectivity index (χ1n) is 9.23. The maximum Gasteiger partial charge on any atom is 0.257 e. The highest BCUT2D eigenvalue weighted by molar-refractivity contribution is 7.14. The second kappa shape index (κ2) is 7.92. The van der Waals surface area contributed by atoms with Crippen LogP contribution < -0.4 is 5.32 Å². The molecular weight excluding hydrogens is 384 g/mol. The van der Waals surface area contributed by atoms with E-state index in [9.17, 15) is 4.79 Å². The van der Waals surface area contributed by atoms with Crippen LogP contribution in [0.5, 0.6) is 0 Å². The van der Waals surface area contributed by atoms with E-state index in [0.29, 0.717) is 16.5 Å². The van der Waals surface area contributed by atoms with Gasteiger partial charge < -0.3 is 0 Å².